The van der Waals surface area contributed by atoms with Crippen molar-refractivity contribution in [3.8, 4) is 0 Å². The maximum Gasteiger partial charge on any atom is 0.460 e. The summed E-state index contributed by atoms with van der Waals surface area (Å²) in [4.78, 5) is 34.2. The summed E-state index contributed by atoms with van der Waals surface area (Å²) in [6.07, 6.45) is 0. The van der Waals surface area contributed by atoms with Gasteiger partial charge in [-0.2, -0.15) is 0 Å². The van der Waals surface area contributed by atoms with Crippen LogP contribution < -0.4 is 15.5 Å². The number of hydrogen-bond donors (Lipinski definition) is 1. The van der Waals surface area contributed by atoms with Crippen LogP contribution in [0, 0.1) is 5.82 Å². The van der Waals surface area contributed by atoms with Crippen molar-refractivity contribution in [1.29, 1.82) is 0 Å². The zero-order valence-electron chi connectivity index (χ0n) is 8.59. The standard InChI is InChI=1S/C10H7FN3O3/c11-6-1-3-7(4-2-6)14(9(12)16)5-8(15)13-10(14)17/h1-4H,5H2,(H-,12,16)/p+1. The zero-order valence-corrected chi connectivity index (χ0v) is 8.59. The highest BCUT2D eigenvalue weighted by atomic mass is 19.1. The van der Waals surface area contributed by atoms with Gasteiger partial charge in [-0.3, -0.25) is 4.79 Å². The topological polar surface area (TPSA) is 91.3 Å². The van der Waals surface area contributed by atoms with E-state index in [2.05, 4.69) is 5.32 Å². The number of nitrogens with zero attached hydrogens (tertiary/aromatic N) is 2. The van der Waals surface area contributed by atoms with E-state index in [1.165, 1.54) is 12.1 Å². The third kappa shape index (κ3) is 1.56. The summed E-state index contributed by atoms with van der Waals surface area (Å²) in [7, 11) is 0. The first kappa shape index (κ1) is 11.2. The summed E-state index contributed by atoms with van der Waals surface area (Å²) in [6.45, 7) is -0.459. The second-order valence-corrected chi connectivity index (χ2v) is 3.57. The van der Waals surface area contributed by atoms with E-state index in [4.69, 9.17) is 5.73 Å². The van der Waals surface area contributed by atoms with E-state index in [-0.39, 0.29) is 5.69 Å². The number of quaternary nitrogens is 1. The minimum atomic E-state index is -1.02. The summed E-state index contributed by atoms with van der Waals surface area (Å²) in [5.74, 6) is -1.25. The molecular formula is C10H8FN3O3+. The fraction of sp³-hybridized carbons (Fsp3) is 0.100. The molecule has 0 bridgehead atoms. The Hall–Kier alpha value is -2.28. The van der Waals surface area contributed by atoms with Crippen LogP contribution >= 0.6 is 0 Å². The van der Waals surface area contributed by atoms with Gasteiger partial charge in [-0.1, -0.05) is 0 Å². The van der Waals surface area contributed by atoms with E-state index in [0.29, 0.717) is 0 Å². The van der Waals surface area contributed by atoms with Gasteiger partial charge >= 0.3 is 18.0 Å². The van der Waals surface area contributed by atoms with Crippen molar-refractivity contribution in [2.75, 3.05) is 6.54 Å². The number of hydrogen-bond acceptors (Lipinski definition) is 3. The van der Waals surface area contributed by atoms with Gasteiger partial charge in [0.2, 0.25) is 0 Å². The number of amides is 5. The van der Waals surface area contributed by atoms with Gasteiger partial charge < -0.3 is 5.73 Å². The summed E-state index contributed by atoms with van der Waals surface area (Å²) < 4.78 is 11.8. The van der Waals surface area contributed by atoms with E-state index < -0.39 is 34.8 Å². The van der Waals surface area contributed by atoms with Crippen molar-refractivity contribution in [2.24, 2.45) is 5.73 Å². The first-order valence-corrected chi connectivity index (χ1v) is 4.70. The Morgan fingerprint density at radius 2 is 1.88 bits per heavy atom. The Bertz CT molecular complexity index is 514. The largest absolute Gasteiger partial charge is 0.460 e. The van der Waals surface area contributed by atoms with Crippen LogP contribution in [0.3, 0.4) is 0 Å². The van der Waals surface area contributed by atoms with E-state index in [1.54, 1.807) is 0 Å². The Morgan fingerprint density at radius 1 is 1.29 bits per heavy atom. The molecule has 1 radical (unpaired) electrons. The van der Waals surface area contributed by atoms with Gasteiger partial charge in [-0.05, 0) is 12.1 Å². The monoisotopic (exact) mass is 237 g/mol. The normalized spacial score (nSPS) is 23.6. The fourth-order valence-electron chi connectivity index (χ4n) is 1.69. The first-order valence-electron chi connectivity index (χ1n) is 4.70. The van der Waals surface area contributed by atoms with Crippen LogP contribution in [0.2, 0.25) is 0 Å². The number of primary amides is 1. The van der Waals surface area contributed by atoms with Gasteiger partial charge in [0.15, 0.2) is 12.2 Å². The van der Waals surface area contributed by atoms with E-state index in [1.807, 2.05) is 0 Å². The van der Waals surface area contributed by atoms with Crippen LogP contribution in [0.1, 0.15) is 0 Å². The summed E-state index contributed by atoms with van der Waals surface area (Å²) in [5, 5.41) is 3.16. The molecule has 2 N–H and O–H groups in total. The van der Waals surface area contributed by atoms with Crippen LogP contribution in [0.5, 0.6) is 0 Å². The van der Waals surface area contributed by atoms with Crippen LogP contribution in [0.15, 0.2) is 24.3 Å². The van der Waals surface area contributed by atoms with Crippen LogP contribution in [0.4, 0.5) is 19.7 Å². The molecular weight excluding hydrogens is 229 g/mol. The van der Waals surface area contributed by atoms with Gasteiger partial charge in [-0.25, -0.2) is 14.0 Å². The zero-order chi connectivity index (χ0) is 12.6. The molecule has 1 saturated heterocycles. The molecule has 0 aromatic heterocycles. The van der Waals surface area contributed by atoms with Crippen molar-refractivity contribution in [2.45, 2.75) is 0 Å². The lowest BCUT2D eigenvalue weighted by Crippen LogP contribution is -2.58. The molecule has 0 spiro atoms. The maximum atomic E-state index is 12.8. The lowest BCUT2D eigenvalue weighted by molar-refractivity contribution is -0.118. The Labute approximate surface area is 95.4 Å². The highest BCUT2D eigenvalue weighted by Crippen LogP contribution is 2.27. The van der Waals surface area contributed by atoms with Crippen molar-refractivity contribution in [3.63, 3.8) is 0 Å². The smallest absolute Gasteiger partial charge is 0.318 e. The quantitative estimate of drug-likeness (QED) is 0.568. The van der Waals surface area contributed by atoms with Crippen molar-refractivity contribution in [1.82, 2.24) is 9.80 Å². The molecule has 17 heavy (non-hydrogen) atoms. The van der Waals surface area contributed by atoms with E-state index in [9.17, 15) is 18.8 Å². The number of imide groups is 2. The van der Waals surface area contributed by atoms with Crippen molar-refractivity contribution < 1.29 is 18.8 Å². The van der Waals surface area contributed by atoms with Crippen LogP contribution in [-0.2, 0) is 4.79 Å². The maximum absolute atomic E-state index is 12.8. The highest BCUT2D eigenvalue weighted by Gasteiger charge is 2.55. The van der Waals surface area contributed by atoms with Gasteiger partial charge in [-0.15, -0.1) is 9.80 Å². The Balaban J connectivity index is 2.56. The molecule has 6 nitrogen and oxygen atoms in total. The first-order chi connectivity index (χ1) is 7.96. The molecule has 1 heterocycles. The summed E-state index contributed by atoms with van der Waals surface area (Å²) in [6, 6.07) is 2.64. The summed E-state index contributed by atoms with van der Waals surface area (Å²) >= 11 is 0. The molecule has 1 aliphatic heterocycles. The van der Waals surface area contributed by atoms with E-state index in [0.717, 1.165) is 12.1 Å². The predicted octanol–water partition coefficient (Wildman–Crippen LogP) is 0.476. The Kier molecular flexibility index (Phi) is 2.40. The number of benzene rings is 1. The number of carbonyl (C=O) groups excluding carboxylic acids is 3. The molecule has 7 heteroatoms. The van der Waals surface area contributed by atoms with Crippen LogP contribution in [-0.4, -0.2) is 24.5 Å². The molecule has 1 atom stereocenters. The minimum Gasteiger partial charge on any atom is -0.318 e. The van der Waals surface area contributed by atoms with Crippen molar-refractivity contribution >= 4 is 23.7 Å². The van der Waals surface area contributed by atoms with Crippen LogP contribution in [0.25, 0.3) is 0 Å². The lowest BCUT2D eigenvalue weighted by Gasteiger charge is -2.22. The second-order valence-electron chi connectivity index (χ2n) is 3.57. The SMILES string of the molecule is NC(=O)[N+]1(c2ccc(F)cc2)CC(=O)[N]C1=O. The van der Waals surface area contributed by atoms with Gasteiger partial charge in [0, 0.05) is 12.1 Å². The third-order valence-corrected chi connectivity index (χ3v) is 2.56. The third-order valence-electron chi connectivity index (χ3n) is 2.56. The predicted molar refractivity (Wildman–Crippen MR) is 55.2 cm³/mol. The molecule has 2 rings (SSSR count). The number of urea groups is 2. The lowest BCUT2D eigenvalue weighted by atomic mass is 10.2. The molecule has 5 amide bonds. The molecule has 1 aliphatic rings. The van der Waals surface area contributed by atoms with Crippen molar-refractivity contribution in [3.05, 3.63) is 30.1 Å². The highest BCUT2D eigenvalue weighted by molar-refractivity contribution is 6.18. The average Bonchev–Trinajstić information content (AvgIpc) is 2.56. The molecule has 1 aromatic carbocycles. The minimum absolute atomic E-state index is 0.124. The van der Waals surface area contributed by atoms with E-state index >= 15 is 0 Å². The number of rotatable bonds is 1. The van der Waals surface area contributed by atoms with Gasteiger partial charge in [0.25, 0.3) is 0 Å². The molecule has 1 fully saturated rings. The molecule has 1 unspecified atom stereocenters. The Morgan fingerprint density at radius 3 is 2.29 bits per heavy atom. The molecule has 0 aliphatic carbocycles. The molecule has 0 saturated carbocycles. The van der Waals surface area contributed by atoms with Gasteiger partial charge in [0.1, 0.15) is 5.82 Å². The molecule has 87 valence electrons. The second kappa shape index (κ2) is 3.63. The average molecular weight is 237 g/mol. The number of nitrogens with two attached hydrogens (primary N) is 1. The fourth-order valence-corrected chi connectivity index (χ4v) is 1.69. The number of carbonyl (C=O) groups is 3. The number of halogens is 1. The summed E-state index contributed by atoms with van der Waals surface area (Å²) in [5.41, 5.74) is 5.29. The van der Waals surface area contributed by atoms with Gasteiger partial charge in [0.05, 0.1) is 0 Å². The molecule has 1 aromatic rings.